The van der Waals surface area contributed by atoms with Gasteiger partial charge in [-0.25, -0.2) is 0 Å². The zero-order valence-electron chi connectivity index (χ0n) is 5.29. The van der Waals surface area contributed by atoms with Crippen molar-refractivity contribution < 1.29 is 4.79 Å². The van der Waals surface area contributed by atoms with Crippen LogP contribution in [0.2, 0.25) is 0 Å². The van der Waals surface area contributed by atoms with Crippen molar-refractivity contribution in [1.29, 1.82) is 0 Å². The minimum absolute atomic E-state index is 0.0825. The lowest BCUT2D eigenvalue weighted by atomic mass is 10.2. The highest BCUT2D eigenvalue weighted by molar-refractivity contribution is 7.80. The highest BCUT2D eigenvalue weighted by atomic mass is 32.1. The number of hydrogen-bond acceptors (Lipinski definition) is 3. The molecule has 2 nitrogen and oxygen atoms in total. The van der Waals surface area contributed by atoms with Gasteiger partial charge in [-0.3, -0.25) is 9.54 Å². The largest absolute Gasteiger partial charge is 0.298 e. The molecule has 0 aliphatic rings. The fourth-order valence-corrected chi connectivity index (χ4v) is 1.04. The van der Waals surface area contributed by atoms with Crippen LogP contribution in [-0.4, -0.2) is 17.6 Å². The highest BCUT2D eigenvalue weighted by Crippen LogP contribution is 2.02. The maximum absolute atomic E-state index is 10.6. The molecule has 4 heteroatoms. The molecule has 0 spiro atoms. The first-order chi connectivity index (χ1) is 4.22. The van der Waals surface area contributed by atoms with Crippen molar-refractivity contribution in [3.05, 3.63) is 0 Å². The summed E-state index contributed by atoms with van der Waals surface area (Å²) >= 11 is 3.97. The van der Waals surface area contributed by atoms with Crippen molar-refractivity contribution >= 4 is 27.4 Å². The fraction of sp³-hybridized carbons (Fsp3) is 0.800. The van der Waals surface area contributed by atoms with Gasteiger partial charge in [-0.2, -0.15) is 12.6 Å². The topological polar surface area (TPSA) is 29.4 Å². The van der Waals surface area contributed by atoms with E-state index in [1.807, 2.05) is 0 Å². The van der Waals surface area contributed by atoms with Gasteiger partial charge in [0, 0.05) is 0 Å². The van der Waals surface area contributed by atoms with Gasteiger partial charge >= 0.3 is 0 Å². The number of rotatable bonds is 4. The summed E-state index contributed by atoms with van der Waals surface area (Å²) in [6.45, 7) is 1.53. The predicted octanol–water partition coefficient (Wildman–Crippen LogP) is 1.59. The Morgan fingerprint density at radius 3 is 2.56 bits per heavy atom. The minimum atomic E-state index is -0.209. The smallest absolute Gasteiger partial charge is 0.154 e. The molecule has 0 aliphatic carbocycles. The van der Waals surface area contributed by atoms with Crippen LogP contribution in [-0.2, 0) is 4.79 Å². The Bertz CT molecular complexity index is 118. The number of carbonyl (C=O) groups excluding carboxylic acids is 1. The van der Waals surface area contributed by atoms with Crippen LogP contribution in [0.3, 0.4) is 0 Å². The van der Waals surface area contributed by atoms with Crippen molar-refractivity contribution in [2.24, 2.45) is 4.74 Å². The second kappa shape index (κ2) is 4.95. The lowest BCUT2D eigenvalue weighted by Crippen LogP contribution is -2.13. The van der Waals surface area contributed by atoms with E-state index in [2.05, 4.69) is 26.4 Å². The van der Waals surface area contributed by atoms with Gasteiger partial charge in [0.15, 0.2) is 5.78 Å². The molecule has 1 unspecified atom stereocenters. The van der Waals surface area contributed by atoms with Gasteiger partial charge < -0.3 is 0 Å². The first kappa shape index (κ1) is 9.12. The lowest BCUT2D eigenvalue weighted by molar-refractivity contribution is -0.118. The number of thiol groups is 1. The number of ketones is 1. The van der Waals surface area contributed by atoms with Crippen molar-refractivity contribution in [1.82, 2.24) is 0 Å². The van der Waals surface area contributed by atoms with Crippen LogP contribution < -0.4 is 0 Å². The molecule has 0 aliphatic heterocycles. The monoisotopic (exact) mass is 163 g/mol. The van der Waals surface area contributed by atoms with E-state index in [1.54, 1.807) is 0 Å². The summed E-state index contributed by atoms with van der Waals surface area (Å²) in [6.07, 6.45) is 0.710. The van der Waals surface area contributed by atoms with Crippen LogP contribution >= 0.6 is 21.7 Å². The average Bonchev–Trinajstić information content (AvgIpc) is 1.82. The predicted molar refractivity (Wildman–Crippen MR) is 43.7 cm³/mol. The van der Waals surface area contributed by atoms with E-state index < -0.39 is 0 Å². The van der Waals surface area contributed by atoms with Crippen LogP contribution in [0.4, 0.5) is 0 Å². The van der Waals surface area contributed by atoms with Crippen molar-refractivity contribution in [3.63, 3.8) is 0 Å². The molecule has 9 heavy (non-hydrogen) atoms. The van der Waals surface area contributed by atoms with E-state index in [9.17, 15) is 4.79 Å². The van der Waals surface area contributed by atoms with Crippen molar-refractivity contribution in [2.75, 3.05) is 5.75 Å². The van der Waals surface area contributed by atoms with E-state index in [-0.39, 0.29) is 11.8 Å². The summed E-state index contributed by atoms with van der Waals surface area (Å²) < 4.78 is 3.68. The van der Waals surface area contributed by atoms with Crippen LogP contribution in [0.1, 0.15) is 13.3 Å². The Kier molecular flexibility index (Phi) is 5.02. The van der Waals surface area contributed by atoms with Gasteiger partial charge in [0.05, 0.1) is 0 Å². The molecule has 0 N–H and O–H groups in total. The second-order valence-electron chi connectivity index (χ2n) is 1.77. The molecule has 0 bridgehead atoms. The molecule has 0 rings (SSSR count). The number of carbonyl (C=O) groups is 1. The zero-order valence-corrected chi connectivity index (χ0v) is 7.19. The molecular formula is C5H10NOPS. The normalized spacial score (nSPS) is 12.7. The maximum atomic E-state index is 10.6. The molecule has 0 fully saturated rings. The summed E-state index contributed by atoms with van der Waals surface area (Å²) in [5, 5.41) is 0. The van der Waals surface area contributed by atoms with Crippen LogP contribution in [0.25, 0.3) is 0 Å². The first-order valence-electron chi connectivity index (χ1n) is 2.70. The highest BCUT2D eigenvalue weighted by Gasteiger charge is 2.08. The molecule has 0 radical (unpaired) electrons. The third kappa shape index (κ3) is 3.66. The molecule has 1 atom stereocenters. The Hall–Kier alpha value is 0.120. The van der Waals surface area contributed by atoms with E-state index in [0.717, 1.165) is 0 Å². The Morgan fingerprint density at radius 2 is 2.44 bits per heavy atom. The Labute approximate surface area is 62.8 Å². The maximum Gasteiger partial charge on any atom is 0.154 e. The minimum Gasteiger partial charge on any atom is -0.298 e. The fourth-order valence-electron chi connectivity index (χ4n) is 0.481. The third-order valence-electron chi connectivity index (χ3n) is 1.03. The Balaban J connectivity index is 3.68. The van der Waals surface area contributed by atoms with Crippen molar-refractivity contribution in [3.8, 4) is 0 Å². The molecular weight excluding hydrogens is 153 g/mol. The van der Waals surface area contributed by atoms with Crippen molar-refractivity contribution in [2.45, 2.75) is 19.4 Å². The van der Waals surface area contributed by atoms with Gasteiger partial charge in [-0.15, -0.1) is 0 Å². The lowest BCUT2D eigenvalue weighted by Gasteiger charge is -2.02. The molecule has 0 aromatic rings. The molecule has 0 aromatic heterocycles. The van der Waals surface area contributed by atoms with Crippen LogP contribution in [0.15, 0.2) is 4.74 Å². The standard InChI is InChI=1S/C5H10NOPS/c1-4(7)5(6-8)2-3-9/h5,8-9H,2-3H2,1H3. The van der Waals surface area contributed by atoms with Crippen LogP contribution in [0, 0.1) is 0 Å². The molecule has 0 saturated heterocycles. The summed E-state index contributed by atoms with van der Waals surface area (Å²) in [5.41, 5.74) is 0. The van der Waals surface area contributed by atoms with E-state index >= 15 is 0 Å². The number of Topliss-reactive ketones (excluding diaryl/α,β-unsaturated/α-hetero) is 1. The van der Waals surface area contributed by atoms with Gasteiger partial charge in [0.2, 0.25) is 0 Å². The second-order valence-corrected chi connectivity index (χ2v) is 2.47. The molecule has 0 saturated carbocycles. The van der Waals surface area contributed by atoms with Gasteiger partial charge in [0.1, 0.15) is 6.04 Å². The quantitative estimate of drug-likeness (QED) is 0.495. The van der Waals surface area contributed by atoms with E-state index in [4.69, 9.17) is 0 Å². The summed E-state index contributed by atoms with van der Waals surface area (Å²) in [5.74, 6) is 0.775. The van der Waals surface area contributed by atoms with E-state index in [1.165, 1.54) is 6.92 Å². The molecule has 0 heterocycles. The summed E-state index contributed by atoms with van der Waals surface area (Å²) in [4.78, 5) is 10.6. The van der Waals surface area contributed by atoms with E-state index in [0.29, 0.717) is 12.2 Å². The Morgan fingerprint density at radius 1 is 1.89 bits per heavy atom. The zero-order chi connectivity index (χ0) is 7.28. The van der Waals surface area contributed by atoms with Gasteiger partial charge in [0.25, 0.3) is 0 Å². The SMILES string of the molecule is CC(=O)C(CCS)N=P. The number of nitrogens with zero attached hydrogens (tertiary/aromatic N) is 1. The van der Waals surface area contributed by atoms with Crippen LogP contribution in [0.5, 0.6) is 0 Å². The van der Waals surface area contributed by atoms with Gasteiger partial charge in [-0.05, 0) is 28.1 Å². The first-order valence-corrected chi connectivity index (χ1v) is 3.78. The molecule has 0 amide bonds. The number of hydrogen-bond donors (Lipinski definition) is 1. The summed E-state index contributed by atoms with van der Waals surface area (Å²) in [7, 11) is 2.93. The molecule has 0 aromatic carbocycles. The summed E-state index contributed by atoms with van der Waals surface area (Å²) in [6, 6.07) is -0.209. The molecule has 52 valence electrons. The average molecular weight is 163 g/mol. The third-order valence-corrected chi connectivity index (χ3v) is 1.60. The van der Waals surface area contributed by atoms with Gasteiger partial charge in [-0.1, -0.05) is 0 Å².